The quantitative estimate of drug-likeness (QED) is 0.398. The lowest BCUT2D eigenvalue weighted by Crippen LogP contribution is -2.61. The van der Waals surface area contributed by atoms with Crippen molar-refractivity contribution in [2.45, 2.75) is 84.8 Å². The fourth-order valence-electron chi connectivity index (χ4n) is 4.87. The number of pyridine rings is 1. The molecule has 0 aliphatic carbocycles. The zero-order chi connectivity index (χ0) is 29.2. The summed E-state index contributed by atoms with van der Waals surface area (Å²) >= 11 is 0. The predicted octanol–water partition coefficient (Wildman–Crippen LogP) is 2.82. The van der Waals surface area contributed by atoms with E-state index in [4.69, 9.17) is 9.72 Å². The van der Waals surface area contributed by atoms with Gasteiger partial charge in [0.1, 0.15) is 24.4 Å². The Balaban J connectivity index is 1.70. The smallest absolute Gasteiger partial charge is 0.325 e. The van der Waals surface area contributed by atoms with Gasteiger partial charge in [-0.25, -0.2) is 10.4 Å². The molecule has 2 aromatic rings. The van der Waals surface area contributed by atoms with E-state index in [1.54, 1.807) is 13.8 Å². The largest absolute Gasteiger partial charge is 0.455 e. The first kappa shape index (κ1) is 29.6. The van der Waals surface area contributed by atoms with E-state index in [0.29, 0.717) is 25.1 Å². The van der Waals surface area contributed by atoms with Crippen LogP contribution in [0.3, 0.4) is 0 Å². The minimum absolute atomic E-state index is 0.159. The minimum atomic E-state index is -1.04. The van der Waals surface area contributed by atoms with Gasteiger partial charge in [0.2, 0.25) is 5.91 Å². The first-order chi connectivity index (χ1) is 18.9. The van der Waals surface area contributed by atoms with Crippen molar-refractivity contribution in [2.75, 3.05) is 6.54 Å². The van der Waals surface area contributed by atoms with Gasteiger partial charge >= 0.3 is 5.97 Å². The van der Waals surface area contributed by atoms with Crippen molar-refractivity contribution in [2.24, 2.45) is 11.3 Å². The lowest BCUT2D eigenvalue weighted by molar-refractivity contribution is -0.157. The Morgan fingerprint density at radius 3 is 2.58 bits per heavy atom. The molecule has 0 spiro atoms. The second-order valence-electron chi connectivity index (χ2n) is 11.8. The number of aromatic nitrogens is 1. The Morgan fingerprint density at radius 1 is 1.12 bits per heavy atom. The van der Waals surface area contributed by atoms with Crippen LogP contribution in [0.5, 0.6) is 0 Å². The molecule has 5 bridgehead atoms. The number of rotatable bonds is 1. The van der Waals surface area contributed by atoms with Crippen LogP contribution in [0.2, 0.25) is 0 Å². The molecule has 40 heavy (non-hydrogen) atoms. The maximum Gasteiger partial charge on any atom is 0.325 e. The second-order valence-corrected chi connectivity index (χ2v) is 11.8. The fraction of sp³-hybridized carbons (Fsp3) is 0.533. The van der Waals surface area contributed by atoms with Crippen LogP contribution in [-0.4, -0.2) is 63.8 Å². The van der Waals surface area contributed by atoms with Gasteiger partial charge in [-0.1, -0.05) is 58.0 Å². The summed E-state index contributed by atoms with van der Waals surface area (Å²) in [5.41, 5.74) is 4.52. The molecule has 4 N–H and O–H groups in total. The van der Waals surface area contributed by atoms with E-state index >= 15 is 0 Å². The Hall–Kier alpha value is -3.34. The van der Waals surface area contributed by atoms with Crippen molar-refractivity contribution in [3.8, 4) is 0 Å². The summed E-state index contributed by atoms with van der Waals surface area (Å²) in [6, 6.07) is 7.38. The van der Waals surface area contributed by atoms with Crippen molar-refractivity contribution >= 4 is 34.8 Å². The average Bonchev–Trinajstić information content (AvgIpc) is 2.92. The van der Waals surface area contributed by atoms with Crippen molar-refractivity contribution < 1.29 is 24.2 Å². The molecule has 216 valence electrons. The van der Waals surface area contributed by atoms with E-state index in [0.717, 1.165) is 16.5 Å². The van der Waals surface area contributed by atoms with Crippen molar-refractivity contribution in [3.05, 3.63) is 47.7 Å². The van der Waals surface area contributed by atoms with Gasteiger partial charge in [0.05, 0.1) is 17.3 Å². The number of carbonyl (C=O) groups is 3. The number of hydrazine groups is 1. The number of nitrogens with zero attached hydrogens (tertiary/aromatic N) is 2. The molecule has 1 aromatic heterocycles. The summed E-state index contributed by atoms with van der Waals surface area (Å²) in [4.78, 5) is 44.3. The Labute approximate surface area is 235 Å². The normalized spacial score (nSPS) is 29.2. The third-order valence-corrected chi connectivity index (χ3v) is 7.61. The number of cyclic esters (lactones) is 1. The van der Waals surface area contributed by atoms with E-state index in [9.17, 15) is 19.5 Å². The van der Waals surface area contributed by atoms with Gasteiger partial charge in [0.15, 0.2) is 0 Å². The van der Waals surface area contributed by atoms with Gasteiger partial charge in [-0.2, -0.15) is 0 Å². The van der Waals surface area contributed by atoms with E-state index in [-0.39, 0.29) is 11.8 Å². The summed E-state index contributed by atoms with van der Waals surface area (Å²) in [7, 11) is 0. The molecule has 10 heteroatoms. The number of ether oxygens (including phenoxy) is 1. The van der Waals surface area contributed by atoms with Crippen LogP contribution in [0.4, 0.5) is 0 Å². The molecule has 0 radical (unpaired) electrons. The molecule has 5 atom stereocenters. The maximum absolute atomic E-state index is 13.2. The number of aliphatic hydroxyl groups is 1. The third kappa shape index (κ3) is 6.68. The summed E-state index contributed by atoms with van der Waals surface area (Å²) in [6.45, 7) is 11.3. The summed E-state index contributed by atoms with van der Waals surface area (Å²) in [5, 5.41) is 19.3. The van der Waals surface area contributed by atoms with Gasteiger partial charge in [-0.3, -0.25) is 24.7 Å². The number of hydrogen-bond donors (Lipinski definition) is 4. The van der Waals surface area contributed by atoms with Crippen LogP contribution < -0.4 is 16.1 Å². The molecular formula is C30H41N5O5. The highest BCUT2D eigenvalue weighted by Crippen LogP contribution is 2.26. The molecule has 1 aromatic carbocycles. The van der Waals surface area contributed by atoms with Crippen molar-refractivity contribution in [1.82, 2.24) is 26.1 Å². The summed E-state index contributed by atoms with van der Waals surface area (Å²) in [5.74, 6) is -1.37. The summed E-state index contributed by atoms with van der Waals surface area (Å²) < 4.78 is 5.76. The number of carbonyl (C=O) groups excluding carboxylic acids is 3. The Bertz CT molecular complexity index is 1290. The number of fused-ring (bicyclic) bond motifs is 4. The maximum atomic E-state index is 13.2. The van der Waals surface area contributed by atoms with Gasteiger partial charge < -0.3 is 15.2 Å². The lowest BCUT2D eigenvalue weighted by atomic mass is 9.88. The number of esters is 1. The van der Waals surface area contributed by atoms with Crippen LogP contribution in [0.1, 0.15) is 71.7 Å². The SMILES string of the molecule is CC(C)[C@@H]1NC(O)C(C)(C)/C=C/c2ccc3ccc(nc3c2)[C@@H](C)OC(=O)[C@@H]2CCCN(N2)C(=O)[C@H](C)NC1=O. The number of benzene rings is 1. The van der Waals surface area contributed by atoms with Gasteiger partial charge in [0, 0.05) is 17.3 Å². The second kappa shape index (κ2) is 12.0. The van der Waals surface area contributed by atoms with E-state index in [1.165, 1.54) is 5.01 Å². The molecule has 2 aliphatic rings. The molecule has 10 nitrogen and oxygen atoms in total. The van der Waals surface area contributed by atoms with Gasteiger partial charge in [-0.15, -0.1) is 0 Å². The van der Waals surface area contributed by atoms with Gasteiger partial charge in [0.25, 0.3) is 5.91 Å². The first-order valence-corrected chi connectivity index (χ1v) is 14.0. The third-order valence-electron chi connectivity index (χ3n) is 7.61. The van der Waals surface area contributed by atoms with Crippen molar-refractivity contribution in [3.63, 3.8) is 0 Å². The Kier molecular flexibility index (Phi) is 8.92. The lowest BCUT2D eigenvalue weighted by Gasteiger charge is -2.35. The Morgan fingerprint density at radius 2 is 1.85 bits per heavy atom. The molecule has 2 aliphatic heterocycles. The van der Waals surface area contributed by atoms with Crippen LogP contribution >= 0.6 is 0 Å². The number of nitrogens with one attached hydrogen (secondary N) is 3. The highest BCUT2D eigenvalue weighted by atomic mass is 16.5. The zero-order valence-corrected chi connectivity index (χ0v) is 24.1. The van der Waals surface area contributed by atoms with Gasteiger partial charge in [-0.05, 0) is 50.3 Å². The van der Waals surface area contributed by atoms with Crippen molar-refractivity contribution in [1.29, 1.82) is 0 Å². The van der Waals surface area contributed by atoms with Crippen LogP contribution in [0.15, 0.2) is 36.4 Å². The highest BCUT2D eigenvalue weighted by molar-refractivity contribution is 5.90. The molecule has 1 unspecified atom stereocenters. The molecule has 3 heterocycles. The minimum Gasteiger partial charge on any atom is -0.455 e. The highest BCUT2D eigenvalue weighted by Gasteiger charge is 2.35. The predicted molar refractivity (Wildman–Crippen MR) is 152 cm³/mol. The van der Waals surface area contributed by atoms with Crippen LogP contribution in [0, 0.1) is 11.3 Å². The zero-order valence-electron chi connectivity index (χ0n) is 24.1. The molecule has 2 amide bonds. The van der Waals surface area contributed by atoms with E-state index in [1.807, 2.05) is 70.2 Å². The number of hydrogen-bond acceptors (Lipinski definition) is 8. The molecule has 1 fully saturated rings. The monoisotopic (exact) mass is 551 g/mol. The molecule has 4 rings (SSSR count). The number of amides is 2. The van der Waals surface area contributed by atoms with Crippen LogP contribution in [0.25, 0.3) is 17.0 Å². The fourth-order valence-corrected chi connectivity index (χ4v) is 4.87. The van der Waals surface area contributed by atoms with E-state index < -0.39 is 47.7 Å². The van der Waals surface area contributed by atoms with Crippen LogP contribution in [-0.2, 0) is 19.1 Å². The topological polar surface area (TPSA) is 133 Å². The molecule has 1 saturated heterocycles. The molecule has 0 saturated carbocycles. The molecular weight excluding hydrogens is 510 g/mol. The number of aliphatic hydroxyl groups excluding tert-OH is 1. The van der Waals surface area contributed by atoms with E-state index in [2.05, 4.69) is 16.1 Å². The standard InChI is InChI=1S/C30H41N5O5/c1-17(2)25-26(36)31-18(3)27(37)35-15-7-8-23(34-35)28(38)40-19(4)22-12-11-21-10-9-20(16-24(21)32-22)13-14-30(5,6)29(39)33-25/h9-14,16-19,23,25,29,33-34,39H,7-8,15H2,1-6H3,(H,31,36)/b14-13+/t18-,19+,23-,25-,29?/m0/s1. The summed E-state index contributed by atoms with van der Waals surface area (Å²) in [6.07, 6.45) is 3.29. The average molecular weight is 552 g/mol. The first-order valence-electron chi connectivity index (χ1n) is 14.0.